The number of anilines is 1. The molecule has 16 heavy (non-hydrogen) atoms. The second kappa shape index (κ2) is 4.69. The van der Waals surface area contributed by atoms with E-state index in [1.165, 1.54) is 6.07 Å². The molecule has 1 aliphatic rings. The zero-order chi connectivity index (χ0) is 11.5. The molecule has 0 saturated heterocycles. The first-order chi connectivity index (χ1) is 7.69. The summed E-state index contributed by atoms with van der Waals surface area (Å²) in [4.78, 5) is 4.03. The van der Waals surface area contributed by atoms with E-state index in [9.17, 15) is 5.11 Å². The minimum absolute atomic E-state index is 0.280. The monoisotopic (exact) mass is 237 g/mol. The Kier molecular flexibility index (Phi) is 3.28. The molecule has 0 aliphatic heterocycles. The first-order valence-electron chi connectivity index (χ1n) is 5.18. The number of rotatable bonds is 4. The van der Waals surface area contributed by atoms with Gasteiger partial charge in [-0.1, -0.05) is 11.6 Å². The largest absolute Gasteiger partial charge is 0.391 e. The van der Waals surface area contributed by atoms with Crippen LogP contribution in [0.5, 0.6) is 0 Å². The van der Waals surface area contributed by atoms with Gasteiger partial charge in [-0.3, -0.25) is 0 Å². The number of nitrogens with zero attached hydrogens (tertiary/aromatic N) is 2. The van der Waals surface area contributed by atoms with Crippen molar-refractivity contribution in [2.75, 3.05) is 11.9 Å². The number of aliphatic hydroxyl groups is 1. The maximum absolute atomic E-state index is 9.66. The van der Waals surface area contributed by atoms with Gasteiger partial charge in [-0.25, -0.2) is 4.98 Å². The Hall–Kier alpha value is -1.31. The summed E-state index contributed by atoms with van der Waals surface area (Å²) in [5, 5.41) is 21.7. The molecule has 1 aromatic heterocycles. The molecule has 1 fully saturated rings. The van der Waals surface area contributed by atoms with E-state index >= 15 is 0 Å². The Morgan fingerprint density at radius 3 is 3.00 bits per heavy atom. The smallest absolute Gasteiger partial charge is 0.132 e. The molecular formula is C11H12ClN3O. The molecule has 0 bridgehead atoms. The van der Waals surface area contributed by atoms with Crippen LogP contribution < -0.4 is 5.32 Å². The van der Waals surface area contributed by atoms with Gasteiger partial charge in [0.15, 0.2) is 0 Å². The molecule has 1 unspecified atom stereocenters. The Labute approximate surface area is 98.9 Å². The van der Waals surface area contributed by atoms with Crippen molar-refractivity contribution >= 4 is 17.4 Å². The zero-order valence-corrected chi connectivity index (χ0v) is 9.41. The van der Waals surface area contributed by atoms with Crippen molar-refractivity contribution in [2.24, 2.45) is 5.92 Å². The number of nitrogens with one attached hydrogen (secondary N) is 1. The van der Waals surface area contributed by atoms with Crippen molar-refractivity contribution in [2.45, 2.75) is 18.9 Å². The number of hydrogen-bond donors (Lipinski definition) is 2. The van der Waals surface area contributed by atoms with Gasteiger partial charge >= 0.3 is 0 Å². The second-order valence-electron chi connectivity index (χ2n) is 3.96. The average Bonchev–Trinajstić information content (AvgIpc) is 3.08. The quantitative estimate of drug-likeness (QED) is 0.784. The van der Waals surface area contributed by atoms with Crippen molar-refractivity contribution in [3.05, 3.63) is 22.8 Å². The lowest BCUT2D eigenvalue weighted by Crippen LogP contribution is -2.21. The van der Waals surface area contributed by atoms with Gasteiger partial charge in [-0.15, -0.1) is 0 Å². The molecule has 84 valence electrons. The second-order valence-corrected chi connectivity index (χ2v) is 4.35. The van der Waals surface area contributed by atoms with E-state index in [2.05, 4.69) is 10.3 Å². The molecule has 0 radical (unpaired) electrons. The molecular weight excluding hydrogens is 226 g/mol. The van der Waals surface area contributed by atoms with Crippen molar-refractivity contribution in [1.29, 1.82) is 5.26 Å². The van der Waals surface area contributed by atoms with Crippen LogP contribution in [0.4, 0.5) is 5.82 Å². The molecule has 0 spiro atoms. The first-order valence-corrected chi connectivity index (χ1v) is 5.56. The molecule has 5 heteroatoms. The highest BCUT2D eigenvalue weighted by Crippen LogP contribution is 2.32. The fourth-order valence-corrected chi connectivity index (χ4v) is 1.72. The van der Waals surface area contributed by atoms with Crippen LogP contribution in [0.2, 0.25) is 5.15 Å². The van der Waals surface area contributed by atoms with Gasteiger partial charge < -0.3 is 10.4 Å². The number of pyridine rings is 1. The SMILES string of the molecule is N#Cc1cc(Cl)nc(NCC(O)C2CC2)c1. The number of nitriles is 1. The van der Waals surface area contributed by atoms with Crippen LogP contribution in [-0.2, 0) is 0 Å². The Balaban J connectivity index is 1.98. The summed E-state index contributed by atoms with van der Waals surface area (Å²) in [5.74, 6) is 0.950. The summed E-state index contributed by atoms with van der Waals surface area (Å²) < 4.78 is 0. The Morgan fingerprint density at radius 1 is 1.62 bits per heavy atom. The van der Waals surface area contributed by atoms with E-state index in [0.717, 1.165) is 12.8 Å². The highest BCUT2D eigenvalue weighted by Gasteiger charge is 2.29. The fraction of sp³-hybridized carbons (Fsp3) is 0.455. The van der Waals surface area contributed by atoms with Crippen LogP contribution in [0.1, 0.15) is 18.4 Å². The van der Waals surface area contributed by atoms with Gasteiger partial charge in [0.05, 0.1) is 17.7 Å². The normalized spacial score (nSPS) is 16.6. The van der Waals surface area contributed by atoms with Crippen molar-refractivity contribution in [3.8, 4) is 6.07 Å². The van der Waals surface area contributed by atoms with Crippen LogP contribution >= 0.6 is 11.6 Å². The predicted molar refractivity (Wildman–Crippen MR) is 61.2 cm³/mol. The Bertz CT molecular complexity index is 426. The maximum Gasteiger partial charge on any atom is 0.132 e. The summed E-state index contributed by atoms with van der Waals surface area (Å²) in [6.45, 7) is 0.447. The van der Waals surface area contributed by atoms with Gasteiger partial charge in [0, 0.05) is 6.54 Å². The van der Waals surface area contributed by atoms with Gasteiger partial charge in [-0.05, 0) is 30.9 Å². The molecule has 1 heterocycles. The van der Waals surface area contributed by atoms with E-state index in [4.69, 9.17) is 16.9 Å². The number of halogens is 1. The van der Waals surface area contributed by atoms with Crippen molar-refractivity contribution < 1.29 is 5.11 Å². The molecule has 0 aromatic carbocycles. The van der Waals surface area contributed by atoms with Crippen LogP contribution in [0.15, 0.2) is 12.1 Å². The highest BCUT2D eigenvalue weighted by atomic mass is 35.5. The summed E-state index contributed by atoms with van der Waals surface area (Å²) in [5.41, 5.74) is 0.461. The fourth-order valence-electron chi connectivity index (χ4n) is 1.51. The molecule has 1 saturated carbocycles. The number of aromatic nitrogens is 1. The topological polar surface area (TPSA) is 68.9 Å². The van der Waals surface area contributed by atoms with Gasteiger partial charge in [0.25, 0.3) is 0 Å². The van der Waals surface area contributed by atoms with E-state index in [1.807, 2.05) is 6.07 Å². The maximum atomic E-state index is 9.66. The van der Waals surface area contributed by atoms with Gasteiger partial charge in [0.1, 0.15) is 11.0 Å². The Morgan fingerprint density at radius 2 is 2.38 bits per heavy atom. The third-order valence-electron chi connectivity index (χ3n) is 2.58. The predicted octanol–water partition coefficient (Wildman–Crippen LogP) is 1.79. The summed E-state index contributed by atoms with van der Waals surface area (Å²) >= 11 is 5.75. The summed E-state index contributed by atoms with van der Waals surface area (Å²) in [6, 6.07) is 5.12. The minimum Gasteiger partial charge on any atom is -0.391 e. The van der Waals surface area contributed by atoms with E-state index in [1.54, 1.807) is 6.07 Å². The lowest BCUT2D eigenvalue weighted by atomic mass is 10.2. The van der Waals surface area contributed by atoms with Gasteiger partial charge in [-0.2, -0.15) is 5.26 Å². The highest BCUT2D eigenvalue weighted by molar-refractivity contribution is 6.29. The number of aliphatic hydroxyl groups excluding tert-OH is 1. The zero-order valence-electron chi connectivity index (χ0n) is 8.65. The lowest BCUT2D eigenvalue weighted by Gasteiger charge is -2.11. The van der Waals surface area contributed by atoms with E-state index in [-0.39, 0.29) is 11.3 Å². The first kappa shape index (κ1) is 11.2. The third kappa shape index (κ3) is 2.84. The van der Waals surface area contributed by atoms with E-state index < -0.39 is 0 Å². The van der Waals surface area contributed by atoms with Crippen LogP contribution in [0.3, 0.4) is 0 Å². The van der Waals surface area contributed by atoms with Crippen molar-refractivity contribution in [3.63, 3.8) is 0 Å². The molecule has 1 aliphatic carbocycles. The van der Waals surface area contributed by atoms with Crippen LogP contribution in [-0.4, -0.2) is 22.7 Å². The molecule has 0 amide bonds. The molecule has 1 aromatic rings. The van der Waals surface area contributed by atoms with E-state index in [0.29, 0.717) is 23.8 Å². The van der Waals surface area contributed by atoms with Crippen molar-refractivity contribution in [1.82, 2.24) is 4.98 Å². The average molecular weight is 238 g/mol. The summed E-state index contributed by atoms with van der Waals surface area (Å²) in [7, 11) is 0. The molecule has 2 N–H and O–H groups in total. The molecule has 2 rings (SSSR count). The summed E-state index contributed by atoms with van der Waals surface area (Å²) in [6.07, 6.45) is 1.84. The molecule has 1 atom stereocenters. The van der Waals surface area contributed by atoms with Crippen LogP contribution in [0.25, 0.3) is 0 Å². The number of hydrogen-bond acceptors (Lipinski definition) is 4. The lowest BCUT2D eigenvalue weighted by molar-refractivity contribution is 0.164. The molecule has 4 nitrogen and oxygen atoms in total. The van der Waals surface area contributed by atoms with Crippen LogP contribution in [0, 0.1) is 17.2 Å². The van der Waals surface area contributed by atoms with Gasteiger partial charge in [0.2, 0.25) is 0 Å². The third-order valence-corrected chi connectivity index (χ3v) is 2.78. The standard InChI is InChI=1S/C11H12ClN3O/c12-10-3-7(5-13)4-11(15-10)14-6-9(16)8-1-2-8/h3-4,8-9,16H,1-2,6H2,(H,14,15). The minimum atomic E-state index is -0.341.